The van der Waals surface area contributed by atoms with Gasteiger partial charge in [-0.3, -0.25) is 4.90 Å². The molecule has 2 unspecified atom stereocenters. The van der Waals surface area contributed by atoms with Crippen molar-refractivity contribution in [2.24, 2.45) is 0 Å². The topological polar surface area (TPSA) is 147 Å². The van der Waals surface area contributed by atoms with Gasteiger partial charge in [-0.05, 0) is 56.7 Å². The van der Waals surface area contributed by atoms with Gasteiger partial charge < -0.3 is 15.1 Å². The number of aliphatic hydroxyl groups is 2. The normalized spacial score (nSPS) is 17.3. The Morgan fingerprint density at radius 2 is 1.77 bits per heavy atom. The lowest BCUT2D eigenvalue weighted by atomic mass is 9.97. The second kappa shape index (κ2) is 12.4. The van der Waals surface area contributed by atoms with Crippen molar-refractivity contribution in [3.63, 3.8) is 0 Å². The number of alkyl halides is 3. The van der Waals surface area contributed by atoms with E-state index < -0.39 is 69.9 Å². The zero-order valence-electron chi connectivity index (χ0n) is 23.5. The van der Waals surface area contributed by atoms with Gasteiger partial charge in [-0.1, -0.05) is 12.1 Å². The molecule has 11 nitrogen and oxygen atoms in total. The molecule has 1 aliphatic heterocycles. The molecule has 0 radical (unpaired) electrons. The molecule has 3 atom stereocenters. The molecule has 0 bridgehead atoms. The highest BCUT2D eigenvalue weighted by Crippen LogP contribution is 2.43. The van der Waals surface area contributed by atoms with Gasteiger partial charge >= 0.3 is 18.2 Å². The molecule has 3 rings (SSSR count). The first-order valence-electron chi connectivity index (χ1n) is 12.7. The Hall–Kier alpha value is -4.44. The lowest BCUT2D eigenvalue weighted by Crippen LogP contribution is -2.57. The Balaban J connectivity index is 2.42. The minimum atomic E-state index is -4.79. The van der Waals surface area contributed by atoms with Gasteiger partial charge in [0.05, 0.1) is 40.9 Å². The monoisotopic (exact) mass is 619 g/mol. The first kappa shape index (κ1) is 33.1. The van der Waals surface area contributed by atoms with Crippen LogP contribution in [0.25, 0.3) is 4.85 Å². The van der Waals surface area contributed by atoms with E-state index in [0.717, 1.165) is 34.3 Å². The van der Waals surface area contributed by atoms with Gasteiger partial charge in [0, 0.05) is 30.7 Å². The highest BCUT2D eigenvalue weighted by Gasteiger charge is 2.47. The number of sulfone groups is 1. The number of halogens is 3. The summed E-state index contributed by atoms with van der Waals surface area (Å²) in [6, 6.07) is 4.82. The first-order chi connectivity index (χ1) is 19.9. The van der Waals surface area contributed by atoms with E-state index in [1.807, 2.05) is 0 Å². The number of urea groups is 2. The van der Waals surface area contributed by atoms with Crippen LogP contribution >= 0.6 is 0 Å². The fourth-order valence-corrected chi connectivity index (χ4v) is 5.66. The Morgan fingerprint density at radius 1 is 1.16 bits per heavy atom. The Bertz CT molecular complexity index is 1650. The average molecular weight is 620 g/mol. The Kier molecular flexibility index (Phi) is 9.56. The summed E-state index contributed by atoms with van der Waals surface area (Å²) in [6.07, 6.45) is -6.26. The predicted octanol–water partition coefficient (Wildman–Crippen LogP) is 4.30. The minimum absolute atomic E-state index is 0.0651. The number of hydrogen-bond donors (Lipinski definition) is 2. The van der Waals surface area contributed by atoms with Gasteiger partial charge in [0.2, 0.25) is 5.70 Å². The van der Waals surface area contributed by atoms with E-state index in [4.69, 9.17) is 6.57 Å². The molecule has 2 aromatic carbocycles. The van der Waals surface area contributed by atoms with E-state index in [1.54, 1.807) is 6.07 Å². The maximum atomic E-state index is 14.2. The highest BCUT2D eigenvalue weighted by atomic mass is 32.2. The number of nitrogens with zero attached hydrogens (tertiary/aromatic N) is 5. The van der Waals surface area contributed by atoms with Crippen molar-refractivity contribution in [1.29, 1.82) is 5.26 Å². The predicted molar refractivity (Wildman–Crippen MR) is 148 cm³/mol. The lowest BCUT2D eigenvalue weighted by Gasteiger charge is -2.43. The molecular formula is C28H28F3N5O6S. The van der Waals surface area contributed by atoms with Gasteiger partial charge in [-0.15, -0.1) is 0 Å². The van der Waals surface area contributed by atoms with E-state index in [0.29, 0.717) is 11.0 Å². The number of hydrogen-bond acceptors (Lipinski definition) is 7. The van der Waals surface area contributed by atoms with Crippen LogP contribution in [0.5, 0.6) is 0 Å². The summed E-state index contributed by atoms with van der Waals surface area (Å²) in [5.41, 5.74) is -2.25. The van der Waals surface area contributed by atoms with Crippen molar-refractivity contribution in [1.82, 2.24) is 9.80 Å². The number of imide groups is 1. The van der Waals surface area contributed by atoms with Gasteiger partial charge in [0.1, 0.15) is 6.04 Å². The Labute approximate surface area is 246 Å². The van der Waals surface area contributed by atoms with E-state index >= 15 is 0 Å². The van der Waals surface area contributed by atoms with Crippen molar-refractivity contribution in [2.75, 3.05) is 24.2 Å². The standard InChI is InChI=1S/C28H28F3N5O6S/c1-16(37)14-34(15-17(2)38)26(39)36-25(22-10-9-19(13-32)11-23(22)43(5,41)42)24(33-4)18(3)35(27(36)40)21-8-6-7-20(12-21)28(29,30)31/h6-12,16-17,25,37-38H,14-15H2,1-3,5H3/t16?,17?,25-/m1/s1. The third kappa shape index (κ3) is 6.97. The number of amides is 4. The molecule has 0 aliphatic carbocycles. The molecule has 2 N–H and O–H groups in total. The summed E-state index contributed by atoms with van der Waals surface area (Å²) < 4.78 is 66.4. The molecule has 4 amide bonds. The van der Waals surface area contributed by atoms with Crippen molar-refractivity contribution in [2.45, 2.75) is 50.1 Å². The molecule has 15 heteroatoms. The van der Waals surface area contributed by atoms with Crippen LogP contribution in [-0.4, -0.2) is 72.0 Å². The van der Waals surface area contributed by atoms with Crippen molar-refractivity contribution < 1.29 is 41.4 Å². The van der Waals surface area contributed by atoms with E-state index in [-0.39, 0.29) is 28.2 Å². The SMILES string of the molecule is [C-]#[N+]C1=C(C)N(c2cccc(C(F)(F)F)c2)C(=O)N(C(=O)N(CC(C)O)CC(C)O)[C@@H]1c1ccc(C#N)cc1S(C)(=O)=O. The van der Waals surface area contributed by atoms with Gasteiger partial charge in [-0.2, -0.15) is 18.4 Å². The molecule has 43 heavy (non-hydrogen) atoms. The van der Waals surface area contributed by atoms with Crippen LogP contribution in [0.4, 0.5) is 28.4 Å². The third-order valence-electron chi connectivity index (χ3n) is 6.46. The summed E-state index contributed by atoms with van der Waals surface area (Å²) >= 11 is 0. The molecule has 2 aromatic rings. The Morgan fingerprint density at radius 3 is 2.26 bits per heavy atom. The maximum Gasteiger partial charge on any atom is 0.416 e. The lowest BCUT2D eigenvalue weighted by molar-refractivity contribution is -0.137. The minimum Gasteiger partial charge on any atom is -0.392 e. The van der Waals surface area contributed by atoms with Crippen molar-refractivity contribution in [3.8, 4) is 6.07 Å². The van der Waals surface area contributed by atoms with Gasteiger partial charge in [0.25, 0.3) is 0 Å². The fraction of sp³-hybridized carbons (Fsp3) is 0.357. The van der Waals surface area contributed by atoms with Crippen LogP contribution in [0.1, 0.15) is 43.5 Å². The molecule has 228 valence electrons. The maximum absolute atomic E-state index is 14.2. The van der Waals surface area contributed by atoms with E-state index in [1.165, 1.54) is 39.0 Å². The van der Waals surface area contributed by atoms with E-state index in [9.17, 15) is 46.7 Å². The van der Waals surface area contributed by atoms with Crippen LogP contribution in [-0.2, 0) is 16.0 Å². The first-order valence-corrected chi connectivity index (χ1v) is 14.6. The van der Waals surface area contributed by atoms with E-state index in [2.05, 4.69) is 4.85 Å². The largest absolute Gasteiger partial charge is 0.416 e. The number of carbonyl (C=O) groups is 2. The van der Waals surface area contributed by atoms with Crippen molar-refractivity contribution in [3.05, 3.63) is 82.0 Å². The third-order valence-corrected chi connectivity index (χ3v) is 7.61. The summed E-state index contributed by atoms with van der Waals surface area (Å²) in [5.74, 6) is 0. The summed E-state index contributed by atoms with van der Waals surface area (Å²) in [4.78, 5) is 33.5. The second-order valence-corrected chi connectivity index (χ2v) is 12.0. The molecule has 1 heterocycles. The second-order valence-electron chi connectivity index (χ2n) is 10.0. The summed E-state index contributed by atoms with van der Waals surface area (Å²) in [6.45, 7) is 11.1. The number of rotatable bonds is 7. The molecular weight excluding hydrogens is 591 g/mol. The highest BCUT2D eigenvalue weighted by molar-refractivity contribution is 7.90. The molecule has 0 saturated carbocycles. The number of carbonyl (C=O) groups excluding carboxylic acids is 2. The molecule has 0 spiro atoms. The van der Waals surface area contributed by atoms with Crippen LogP contribution in [0.3, 0.4) is 0 Å². The van der Waals surface area contributed by atoms with Crippen LogP contribution in [0.15, 0.2) is 58.8 Å². The number of nitriles is 1. The van der Waals surface area contributed by atoms with Crippen LogP contribution in [0, 0.1) is 17.9 Å². The average Bonchev–Trinajstić information content (AvgIpc) is 2.90. The van der Waals surface area contributed by atoms with Crippen LogP contribution < -0.4 is 4.90 Å². The molecule has 1 aliphatic rings. The summed E-state index contributed by atoms with van der Waals surface area (Å²) in [5, 5.41) is 29.5. The van der Waals surface area contributed by atoms with Gasteiger partial charge in [0.15, 0.2) is 9.84 Å². The zero-order chi connectivity index (χ0) is 32.4. The zero-order valence-corrected chi connectivity index (χ0v) is 24.3. The van der Waals surface area contributed by atoms with Crippen LogP contribution in [0.2, 0.25) is 0 Å². The van der Waals surface area contributed by atoms with Crippen molar-refractivity contribution >= 4 is 27.6 Å². The number of aliphatic hydroxyl groups excluding tert-OH is 2. The quantitative estimate of drug-likeness (QED) is 0.440. The molecule has 0 fully saturated rings. The molecule has 0 saturated heterocycles. The number of anilines is 1. The number of allylic oxidation sites excluding steroid dienone is 1. The molecule has 0 aromatic heterocycles. The number of benzene rings is 2. The van der Waals surface area contributed by atoms with Gasteiger partial charge in [-0.25, -0.2) is 27.8 Å². The fourth-order valence-electron chi connectivity index (χ4n) is 4.71. The summed E-state index contributed by atoms with van der Waals surface area (Å²) in [7, 11) is -4.14. The smallest absolute Gasteiger partial charge is 0.392 e.